The van der Waals surface area contributed by atoms with Crippen LogP contribution in [-0.4, -0.2) is 20.7 Å². The molecule has 7 heteroatoms. The lowest BCUT2D eigenvalue weighted by atomic mass is 10.3. The van der Waals surface area contributed by atoms with Crippen LogP contribution in [-0.2, 0) is 11.8 Å². The highest BCUT2D eigenvalue weighted by atomic mass is 32.2. The van der Waals surface area contributed by atoms with E-state index in [1.165, 1.54) is 17.8 Å². The number of aromatic nitrogens is 2. The molecule has 1 atom stereocenters. The lowest BCUT2D eigenvalue weighted by molar-refractivity contribution is -0.115. The molecular formula is C17H15F2N3OS. The summed E-state index contributed by atoms with van der Waals surface area (Å²) in [4.78, 5) is 16.7. The molecule has 124 valence electrons. The maximum atomic E-state index is 13.6. The second kappa shape index (κ2) is 6.60. The standard InChI is InChI=1S/C17H15F2N3OS/c1-10(16(23)21-15-11(18)6-5-7-12(15)19)24-17-20-13-8-3-4-9-14(13)22(17)2/h3-10H,1-2H3,(H,21,23). The Hall–Kier alpha value is -2.41. The van der Waals surface area contributed by atoms with Gasteiger partial charge in [-0.25, -0.2) is 13.8 Å². The summed E-state index contributed by atoms with van der Waals surface area (Å²) in [5.41, 5.74) is 1.35. The van der Waals surface area contributed by atoms with Crippen molar-refractivity contribution in [3.05, 3.63) is 54.1 Å². The highest BCUT2D eigenvalue weighted by Crippen LogP contribution is 2.27. The van der Waals surface area contributed by atoms with E-state index in [4.69, 9.17) is 0 Å². The molecule has 1 unspecified atom stereocenters. The number of anilines is 1. The number of halogens is 2. The SMILES string of the molecule is CC(Sc1nc2ccccc2n1C)C(=O)Nc1c(F)cccc1F. The van der Waals surface area contributed by atoms with Crippen molar-refractivity contribution in [1.29, 1.82) is 0 Å². The van der Waals surface area contributed by atoms with Crippen molar-refractivity contribution < 1.29 is 13.6 Å². The number of aryl methyl sites for hydroxylation is 1. The number of nitrogens with zero attached hydrogens (tertiary/aromatic N) is 2. The summed E-state index contributed by atoms with van der Waals surface area (Å²) >= 11 is 1.23. The van der Waals surface area contributed by atoms with Crippen LogP contribution >= 0.6 is 11.8 Å². The van der Waals surface area contributed by atoms with Crippen molar-refractivity contribution in [2.45, 2.75) is 17.3 Å². The summed E-state index contributed by atoms with van der Waals surface area (Å²) in [6, 6.07) is 11.1. The number of fused-ring (bicyclic) bond motifs is 1. The molecule has 1 amide bonds. The van der Waals surface area contributed by atoms with Crippen molar-refractivity contribution in [3.8, 4) is 0 Å². The number of carbonyl (C=O) groups is 1. The van der Waals surface area contributed by atoms with Crippen molar-refractivity contribution in [3.63, 3.8) is 0 Å². The maximum absolute atomic E-state index is 13.6. The van der Waals surface area contributed by atoms with Crippen LogP contribution in [0.3, 0.4) is 0 Å². The predicted molar refractivity (Wildman–Crippen MR) is 91.0 cm³/mol. The molecular weight excluding hydrogens is 332 g/mol. The van der Waals surface area contributed by atoms with Gasteiger partial charge in [0.05, 0.1) is 16.3 Å². The van der Waals surface area contributed by atoms with E-state index in [0.29, 0.717) is 5.16 Å². The third-order valence-electron chi connectivity index (χ3n) is 3.61. The minimum atomic E-state index is -0.803. The molecule has 0 saturated carbocycles. The second-order valence-electron chi connectivity index (χ2n) is 5.29. The first-order chi connectivity index (χ1) is 11.5. The van der Waals surface area contributed by atoms with Crippen molar-refractivity contribution >= 4 is 34.4 Å². The van der Waals surface area contributed by atoms with Gasteiger partial charge in [-0.2, -0.15) is 0 Å². The fraction of sp³-hybridized carbons (Fsp3) is 0.176. The van der Waals surface area contributed by atoms with E-state index in [-0.39, 0.29) is 0 Å². The molecule has 0 aliphatic heterocycles. The summed E-state index contributed by atoms with van der Waals surface area (Å²) in [5.74, 6) is -2.09. The average molecular weight is 347 g/mol. The topological polar surface area (TPSA) is 46.9 Å². The van der Waals surface area contributed by atoms with Gasteiger partial charge in [0.1, 0.15) is 17.3 Å². The fourth-order valence-electron chi connectivity index (χ4n) is 2.28. The van der Waals surface area contributed by atoms with Gasteiger partial charge in [-0.1, -0.05) is 30.0 Å². The number of benzene rings is 2. The number of carbonyl (C=O) groups excluding carboxylic acids is 1. The predicted octanol–water partition coefficient (Wildman–Crippen LogP) is 3.97. The van der Waals surface area contributed by atoms with E-state index in [1.807, 2.05) is 35.9 Å². The summed E-state index contributed by atoms with van der Waals surface area (Å²) in [6.07, 6.45) is 0. The van der Waals surface area contributed by atoms with Gasteiger partial charge in [0.15, 0.2) is 5.16 Å². The molecule has 24 heavy (non-hydrogen) atoms. The molecule has 2 aromatic carbocycles. The Morgan fingerprint density at radius 2 is 1.83 bits per heavy atom. The molecule has 0 fully saturated rings. The van der Waals surface area contributed by atoms with E-state index in [0.717, 1.165) is 23.2 Å². The van der Waals surface area contributed by atoms with E-state index < -0.39 is 28.5 Å². The van der Waals surface area contributed by atoms with Crippen LogP contribution in [0.2, 0.25) is 0 Å². The first-order valence-corrected chi connectivity index (χ1v) is 8.18. The van der Waals surface area contributed by atoms with Gasteiger partial charge < -0.3 is 9.88 Å². The Bertz CT molecular complexity index is 890. The van der Waals surface area contributed by atoms with Crippen molar-refractivity contribution in [2.75, 3.05) is 5.32 Å². The molecule has 0 radical (unpaired) electrons. The zero-order valence-electron chi connectivity index (χ0n) is 13.1. The summed E-state index contributed by atoms with van der Waals surface area (Å²) in [5, 5.41) is 2.40. The van der Waals surface area contributed by atoms with Gasteiger partial charge in [-0.3, -0.25) is 4.79 Å². The molecule has 1 aromatic heterocycles. The first kappa shape index (κ1) is 16.4. The highest BCUT2D eigenvalue weighted by molar-refractivity contribution is 8.00. The van der Waals surface area contributed by atoms with E-state index >= 15 is 0 Å². The number of nitrogens with one attached hydrogen (secondary N) is 1. The van der Waals surface area contributed by atoms with Crippen LogP contribution in [0.15, 0.2) is 47.6 Å². The van der Waals surface area contributed by atoms with E-state index in [9.17, 15) is 13.6 Å². The van der Waals surface area contributed by atoms with Gasteiger partial charge in [0.2, 0.25) is 5.91 Å². The van der Waals surface area contributed by atoms with E-state index in [1.54, 1.807) is 6.92 Å². The lowest BCUT2D eigenvalue weighted by Gasteiger charge is -2.12. The molecule has 0 bridgehead atoms. The summed E-state index contributed by atoms with van der Waals surface area (Å²) < 4.78 is 29.1. The van der Waals surface area contributed by atoms with Crippen LogP contribution in [0.4, 0.5) is 14.5 Å². The normalized spacial score (nSPS) is 12.3. The smallest absolute Gasteiger partial charge is 0.237 e. The zero-order chi connectivity index (χ0) is 17.3. The molecule has 3 rings (SSSR count). The molecule has 0 aliphatic carbocycles. The Balaban J connectivity index is 1.77. The molecule has 1 heterocycles. The fourth-order valence-corrected chi connectivity index (χ4v) is 3.17. The van der Waals surface area contributed by atoms with Crippen LogP contribution < -0.4 is 5.32 Å². The lowest BCUT2D eigenvalue weighted by Crippen LogP contribution is -2.24. The third kappa shape index (κ3) is 3.12. The molecule has 1 N–H and O–H groups in total. The van der Waals surface area contributed by atoms with Crippen LogP contribution in [0.1, 0.15) is 6.92 Å². The number of rotatable bonds is 4. The highest BCUT2D eigenvalue weighted by Gasteiger charge is 2.20. The molecule has 0 spiro atoms. The first-order valence-electron chi connectivity index (χ1n) is 7.30. The molecule has 0 saturated heterocycles. The van der Waals surface area contributed by atoms with Gasteiger partial charge in [-0.15, -0.1) is 0 Å². The number of amides is 1. The monoisotopic (exact) mass is 347 g/mol. The summed E-state index contributed by atoms with van der Waals surface area (Å²) in [7, 11) is 1.86. The van der Waals surface area contributed by atoms with E-state index in [2.05, 4.69) is 10.3 Å². The summed E-state index contributed by atoms with van der Waals surface area (Å²) in [6.45, 7) is 1.66. The maximum Gasteiger partial charge on any atom is 0.237 e. The van der Waals surface area contributed by atoms with Gasteiger partial charge in [0, 0.05) is 7.05 Å². The van der Waals surface area contributed by atoms with Crippen LogP contribution in [0, 0.1) is 11.6 Å². The average Bonchev–Trinajstić information content (AvgIpc) is 2.87. The van der Waals surface area contributed by atoms with Gasteiger partial charge in [0.25, 0.3) is 0 Å². The number of hydrogen-bond donors (Lipinski definition) is 1. The number of para-hydroxylation sites is 3. The minimum Gasteiger partial charge on any atom is -0.322 e. The van der Waals surface area contributed by atoms with Crippen LogP contribution in [0.25, 0.3) is 11.0 Å². The Morgan fingerprint density at radius 1 is 1.17 bits per heavy atom. The Kier molecular flexibility index (Phi) is 4.53. The number of hydrogen-bond acceptors (Lipinski definition) is 3. The molecule has 0 aliphatic rings. The molecule has 4 nitrogen and oxygen atoms in total. The second-order valence-corrected chi connectivity index (χ2v) is 6.60. The minimum absolute atomic E-state index is 0.431. The van der Waals surface area contributed by atoms with Gasteiger partial charge in [-0.05, 0) is 31.2 Å². The van der Waals surface area contributed by atoms with Crippen LogP contribution in [0.5, 0.6) is 0 Å². The largest absolute Gasteiger partial charge is 0.322 e. The zero-order valence-corrected chi connectivity index (χ0v) is 13.9. The molecule has 3 aromatic rings. The number of thioether (sulfide) groups is 1. The van der Waals surface area contributed by atoms with Crippen molar-refractivity contribution in [2.24, 2.45) is 7.05 Å². The van der Waals surface area contributed by atoms with Crippen molar-refractivity contribution in [1.82, 2.24) is 9.55 Å². The quantitative estimate of drug-likeness (QED) is 0.727. The Morgan fingerprint density at radius 3 is 2.50 bits per heavy atom. The van der Waals surface area contributed by atoms with Gasteiger partial charge >= 0.3 is 0 Å². The number of imidazole rings is 1. The third-order valence-corrected chi connectivity index (χ3v) is 4.75. The Labute approximate surface area is 141 Å².